The number of pyridine rings is 2. The Morgan fingerprint density at radius 1 is 1.15 bits per heavy atom. The van der Waals surface area contributed by atoms with Gasteiger partial charge in [0.2, 0.25) is 5.91 Å². The van der Waals surface area contributed by atoms with Crippen LogP contribution in [0.3, 0.4) is 0 Å². The second-order valence-corrected chi connectivity index (χ2v) is 9.05. The van der Waals surface area contributed by atoms with Gasteiger partial charge in [-0.2, -0.15) is 0 Å². The van der Waals surface area contributed by atoms with Crippen molar-refractivity contribution in [2.75, 3.05) is 27.8 Å². The maximum absolute atomic E-state index is 13.1. The molecule has 4 heterocycles. The molecule has 3 aromatic rings. The molecule has 0 aliphatic carbocycles. The van der Waals surface area contributed by atoms with Gasteiger partial charge in [0.15, 0.2) is 0 Å². The van der Waals surface area contributed by atoms with E-state index in [1.807, 2.05) is 38.1 Å². The molecule has 0 spiro atoms. The highest BCUT2D eigenvalue weighted by molar-refractivity contribution is 6.08. The maximum Gasteiger partial charge on any atom is 0.259 e. The number of anilines is 4. The largest absolute Gasteiger partial charge is 0.370 e. The first-order valence-corrected chi connectivity index (χ1v) is 11.1. The first kappa shape index (κ1) is 20.9. The SMILES string of the molecule is CC1(C)CC(=O)Nc2cc(NC(=O)c3cccnc3NCc3ccnc4c3CCN4)ccc21. The number of fused-ring (bicyclic) bond motifs is 2. The molecule has 0 saturated heterocycles. The number of rotatable bonds is 5. The van der Waals surface area contributed by atoms with Crippen LogP contribution in [0.2, 0.25) is 0 Å². The average Bonchev–Trinajstić information content (AvgIpc) is 3.26. The highest BCUT2D eigenvalue weighted by Gasteiger charge is 2.32. The number of hydrogen-bond acceptors (Lipinski definition) is 6. The van der Waals surface area contributed by atoms with Crippen LogP contribution < -0.4 is 21.3 Å². The Bertz CT molecular complexity index is 1250. The number of hydrogen-bond donors (Lipinski definition) is 4. The third kappa shape index (κ3) is 4.11. The summed E-state index contributed by atoms with van der Waals surface area (Å²) < 4.78 is 0. The zero-order valence-electron chi connectivity index (χ0n) is 18.7. The smallest absolute Gasteiger partial charge is 0.259 e. The van der Waals surface area contributed by atoms with Gasteiger partial charge < -0.3 is 21.3 Å². The van der Waals surface area contributed by atoms with Crippen LogP contribution in [-0.4, -0.2) is 28.3 Å². The minimum Gasteiger partial charge on any atom is -0.370 e. The summed E-state index contributed by atoms with van der Waals surface area (Å²) in [5.41, 5.74) is 4.94. The molecule has 2 aliphatic rings. The van der Waals surface area contributed by atoms with E-state index in [1.165, 1.54) is 5.56 Å². The van der Waals surface area contributed by atoms with E-state index in [9.17, 15) is 9.59 Å². The van der Waals surface area contributed by atoms with Crippen LogP contribution in [0.15, 0.2) is 48.8 Å². The minimum absolute atomic E-state index is 0.0208. The lowest BCUT2D eigenvalue weighted by molar-refractivity contribution is -0.117. The Kier molecular flexibility index (Phi) is 5.20. The summed E-state index contributed by atoms with van der Waals surface area (Å²) in [7, 11) is 0. The monoisotopic (exact) mass is 442 g/mol. The van der Waals surface area contributed by atoms with Gasteiger partial charge in [0.25, 0.3) is 5.91 Å². The van der Waals surface area contributed by atoms with Crippen molar-refractivity contribution >= 4 is 34.8 Å². The van der Waals surface area contributed by atoms with E-state index >= 15 is 0 Å². The molecule has 8 heteroatoms. The van der Waals surface area contributed by atoms with Crippen LogP contribution in [0.4, 0.5) is 23.0 Å². The summed E-state index contributed by atoms with van der Waals surface area (Å²) >= 11 is 0. The molecule has 5 rings (SSSR count). The Balaban J connectivity index is 1.34. The molecule has 8 nitrogen and oxygen atoms in total. The zero-order chi connectivity index (χ0) is 23.0. The molecule has 2 amide bonds. The summed E-state index contributed by atoms with van der Waals surface area (Å²) in [4.78, 5) is 33.9. The van der Waals surface area contributed by atoms with Gasteiger partial charge in [-0.15, -0.1) is 0 Å². The predicted octanol–water partition coefficient (Wildman–Crippen LogP) is 3.93. The van der Waals surface area contributed by atoms with Gasteiger partial charge in [-0.3, -0.25) is 9.59 Å². The third-order valence-corrected chi connectivity index (χ3v) is 6.20. The molecular weight excluding hydrogens is 416 g/mol. The standard InChI is InChI=1S/C25H26N6O2/c1-25(2)13-21(32)31-20-12-16(5-6-19(20)25)30-24(33)18-4-3-9-26-23(18)29-14-15-7-10-27-22-17(15)8-11-28-22/h3-7,9-10,12H,8,11,13-14H2,1-2H3,(H,26,29)(H,27,28)(H,30,33)(H,31,32). The van der Waals surface area contributed by atoms with Crippen molar-refractivity contribution in [3.8, 4) is 0 Å². The van der Waals surface area contributed by atoms with Crippen molar-refractivity contribution in [1.82, 2.24) is 9.97 Å². The minimum atomic E-state index is -0.270. The van der Waals surface area contributed by atoms with Gasteiger partial charge in [0.05, 0.1) is 5.56 Å². The molecule has 33 heavy (non-hydrogen) atoms. The molecule has 2 aromatic heterocycles. The fourth-order valence-corrected chi connectivity index (χ4v) is 4.55. The number of nitrogens with zero attached hydrogens (tertiary/aromatic N) is 2. The first-order chi connectivity index (χ1) is 15.9. The molecule has 0 fully saturated rings. The maximum atomic E-state index is 13.1. The topological polar surface area (TPSA) is 108 Å². The van der Waals surface area contributed by atoms with Crippen LogP contribution in [0, 0.1) is 0 Å². The van der Waals surface area contributed by atoms with E-state index in [-0.39, 0.29) is 17.2 Å². The van der Waals surface area contributed by atoms with Gasteiger partial charge in [0, 0.05) is 54.3 Å². The van der Waals surface area contributed by atoms with Crippen molar-refractivity contribution < 1.29 is 9.59 Å². The molecule has 0 unspecified atom stereocenters. The second kappa shape index (κ2) is 8.20. The van der Waals surface area contributed by atoms with Crippen LogP contribution in [0.25, 0.3) is 0 Å². The number of nitrogens with one attached hydrogen (secondary N) is 4. The lowest BCUT2D eigenvalue weighted by Crippen LogP contribution is -2.32. The quantitative estimate of drug-likeness (QED) is 0.477. The number of amides is 2. The first-order valence-electron chi connectivity index (χ1n) is 11.1. The van der Waals surface area contributed by atoms with E-state index in [2.05, 4.69) is 31.2 Å². The zero-order valence-corrected chi connectivity index (χ0v) is 18.7. The van der Waals surface area contributed by atoms with E-state index in [0.717, 1.165) is 35.6 Å². The van der Waals surface area contributed by atoms with Crippen molar-refractivity contribution in [2.24, 2.45) is 0 Å². The lowest BCUT2D eigenvalue weighted by atomic mass is 9.78. The van der Waals surface area contributed by atoms with Gasteiger partial charge in [-0.1, -0.05) is 19.9 Å². The molecule has 0 bridgehead atoms. The summed E-state index contributed by atoms with van der Waals surface area (Å²) in [5, 5.41) is 12.4. The van der Waals surface area contributed by atoms with E-state index in [0.29, 0.717) is 30.0 Å². The van der Waals surface area contributed by atoms with Crippen molar-refractivity contribution in [2.45, 2.75) is 38.6 Å². The molecule has 0 atom stereocenters. The molecule has 2 aliphatic heterocycles. The number of carbonyl (C=O) groups excluding carboxylic acids is 2. The fraction of sp³-hybridized carbons (Fsp3) is 0.280. The molecule has 4 N–H and O–H groups in total. The van der Waals surface area contributed by atoms with Crippen LogP contribution in [-0.2, 0) is 23.2 Å². The Hall–Kier alpha value is -3.94. The second-order valence-electron chi connectivity index (χ2n) is 9.05. The van der Waals surface area contributed by atoms with Gasteiger partial charge >= 0.3 is 0 Å². The summed E-state index contributed by atoms with van der Waals surface area (Å²) in [6, 6.07) is 11.1. The molecule has 168 valence electrons. The van der Waals surface area contributed by atoms with Gasteiger partial charge in [-0.25, -0.2) is 9.97 Å². The normalized spacial score (nSPS) is 15.6. The number of carbonyl (C=O) groups is 2. The van der Waals surface area contributed by atoms with Crippen molar-refractivity contribution in [3.63, 3.8) is 0 Å². The highest BCUT2D eigenvalue weighted by Crippen LogP contribution is 2.38. The number of aromatic nitrogens is 2. The predicted molar refractivity (Wildman–Crippen MR) is 129 cm³/mol. The van der Waals surface area contributed by atoms with Gasteiger partial charge in [-0.05, 0) is 47.9 Å². The Morgan fingerprint density at radius 2 is 2.03 bits per heavy atom. The molecular formula is C25H26N6O2. The Morgan fingerprint density at radius 3 is 2.91 bits per heavy atom. The number of benzene rings is 1. The van der Waals surface area contributed by atoms with Crippen LogP contribution in [0.5, 0.6) is 0 Å². The Labute approximate surface area is 192 Å². The third-order valence-electron chi connectivity index (χ3n) is 6.20. The molecule has 0 radical (unpaired) electrons. The van der Waals surface area contributed by atoms with E-state index in [1.54, 1.807) is 24.5 Å². The fourth-order valence-electron chi connectivity index (χ4n) is 4.55. The summed E-state index contributed by atoms with van der Waals surface area (Å²) in [6.07, 6.45) is 4.82. The molecule has 0 saturated carbocycles. The van der Waals surface area contributed by atoms with Crippen LogP contribution in [0.1, 0.15) is 47.3 Å². The summed E-state index contributed by atoms with van der Waals surface area (Å²) in [5.74, 6) is 1.15. The lowest BCUT2D eigenvalue weighted by Gasteiger charge is -2.32. The average molecular weight is 443 g/mol. The molecule has 1 aromatic carbocycles. The summed E-state index contributed by atoms with van der Waals surface area (Å²) in [6.45, 7) is 5.52. The van der Waals surface area contributed by atoms with Crippen molar-refractivity contribution in [3.05, 3.63) is 71.0 Å². The highest BCUT2D eigenvalue weighted by atomic mass is 16.2. The van der Waals surface area contributed by atoms with Crippen LogP contribution >= 0.6 is 0 Å². The van der Waals surface area contributed by atoms with Gasteiger partial charge in [0.1, 0.15) is 11.6 Å². The van der Waals surface area contributed by atoms with E-state index < -0.39 is 0 Å². The van der Waals surface area contributed by atoms with E-state index in [4.69, 9.17) is 0 Å². The van der Waals surface area contributed by atoms with Crippen molar-refractivity contribution in [1.29, 1.82) is 0 Å².